The van der Waals surface area contributed by atoms with Crippen molar-refractivity contribution in [2.45, 2.75) is 81.7 Å². The van der Waals surface area contributed by atoms with Crippen molar-refractivity contribution in [3.8, 4) is 17.3 Å². The second kappa shape index (κ2) is 9.75. The fourth-order valence-electron chi connectivity index (χ4n) is 8.99. The van der Waals surface area contributed by atoms with E-state index in [9.17, 15) is 8.78 Å². The number of nitrogens with zero attached hydrogens (tertiary/aromatic N) is 5. The Hall–Kier alpha value is -3.50. The van der Waals surface area contributed by atoms with Crippen LogP contribution in [0.15, 0.2) is 30.3 Å². The molecule has 0 spiro atoms. The van der Waals surface area contributed by atoms with Crippen LogP contribution in [0.4, 0.5) is 19.0 Å². The number of alkyl halides is 1. The number of anilines is 1. The highest BCUT2D eigenvalue weighted by Gasteiger charge is 2.50. The summed E-state index contributed by atoms with van der Waals surface area (Å²) in [6.45, 7) is 4.05. The third-order valence-electron chi connectivity index (χ3n) is 11.1. The quantitative estimate of drug-likeness (QED) is 0.325. The minimum Gasteiger partial charge on any atom is -0.461 e. The number of aryl methyl sites for hydroxylation is 2. The monoisotopic (exact) mass is 600 g/mol. The summed E-state index contributed by atoms with van der Waals surface area (Å²) in [7, 11) is 0. The largest absolute Gasteiger partial charge is 0.461 e. The van der Waals surface area contributed by atoms with Crippen molar-refractivity contribution in [2.24, 2.45) is 0 Å². The van der Waals surface area contributed by atoms with Gasteiger partial charge in [0.2, 0.25) is 0 Å². The molecule has 1 N–H and O–H groups in total. The highest BCUT2D eigenvalue weighted by Crippen LogP contribution is 2.44. The van der Waals surface area contributed by atoms with Gasteiger partial charge in [-0.25, -0.2) is 18.2 Å². The van der Waals surface area contributed by atoms with Gasteiger partial charge in [-0.3, -0.25) is 4.90 Å². The summed E-state index contributed by atoms with van der Waals surface area (Å²) in [6.07, 6.45) is 5.12. The molecule has 44 heavy (non-hydrogen) atoms. The fourth-order valence-corrected chi connectivity index (χ4v) is 8.99. The summed E-state index contributed by atoms with van der Waals surface area (Å²) in [5, 5.41) is 5.88. The van der Waals surface area contributed by atoms with Gasteiger partial charge in [-0.1, -0.05) is 24.3 Å². The normalized spacial score (nSPS) is 29.3. The van der Waals surface area contributed by atoms with Crippen LogP contribution in [0.2, 0.25) is 0 Å². The van der Waals surface area contributed by atoms with Gasteiger partial charge in [-0.15, -0.1) is 0 Å². The van der Waals surface area contributed by atoms with Gasteiger partial charge in [-0.05, 0) is 74.4 Å². The predicted octanol–water partition coefficient (Wildman–Crippen LogP) is 5.64. The average Bonchev–Trinajstić information content (AvgIpc) is 3.66. The van der Waals surface area contributed by atoms with E-state index in [1.807, 2.05) is 18.2 Å². The van der Waals surface area contributed by atoms with Crippen LogP contribution >= 0.6 is 0 Å². The smallest absolute Gasteiger partial charge is 0.319 e. The summed E-state index contributed by atoms with van der Waals surface area (Å²) in [6, 6.07) is 9.72. The van der Waals surface area contributed by atoms with Crippen molar-refractivity contribution in [2.75, 3.05) is 31.1 Å². The standard InChI is InChI=1S/C34H35F3N6O/c1-18-23(36)8-6-19-4-2-5-22(27(18)19)30-29(37)31-28-25(39-30)10-11-26-24-9-7-21(38-24)16-43(26)32(28)41-33(40-31)44-17-34-12-3-13-42(34)15-20(35)14-34/h2,4-6,8,20-21,24,26,38H,3,7,9-17H2,1H3/t20-,21-,24+,26+,34+/m1/s1. The Labute approximate surface area is 253 Å². The van der Waals surface area contributed by atoms with Crippen molar-refractivity contribution in [3.63, 3.8) is 0 Å². The molecule has 0 saturated carbocycles. The fraction of sp³-hybridized carbons (Fsp3) is 0.500. The van der Waals surface area contributed by atoms with Crippen LogP contribution in [0.5, 0.6) is 6.01 Å². The third-order valence-corrected chi connectivity index (χ3v) is 11.1. The molecule has 0 radical (unpaired) electrons. The van der Waals surface area contributed by atoms with E-state index < -0.39 is 12.0 Å². The summed E-state index contributed by atoms with van der Waals surface area (Å²) < 4.78 is 52.6. The number of aromatic nitrogens is 3. The van der Waals surface area contributed by atoms with Crippen molar-refractivity contribution in [1.29, 1.82) is 0 Å². The molecule has 0 amide bonds. The molecule has 7 heterocycles. The van der Waals surface area contributed by atoms with Gasteiger partial charge in [0.15, 0.2) is 5.82 Å². The molecular formula is C34H35F3N6O. The lowest BCUT2D eigenvalue weighted by atomic mass is 9.95. The van der Waals surface area contributed by atoms with Crippen molar-refractivity contribution >= 4 is 27.5 Å². The summed E-state index contributed by atoms with van der Waals surface area (Å²) in [5.41, 5.74) is 1.73. The number of pyridine rings is 1. The zero-order valence-electron chi connectivity index (χ0n) is 24.8. The molecule has 2 aromatic carbocycles. The van der Waals surface area contributed by atoms with Crippen LogP contribution in [-0.4, -0.2) is 75.9 Å². The Morgan fingerprint density at radius 3 is 2.86 bits per heavy atom. The summed E-state index contributed by atoms with van der Waals surface area (Å²) in [4.78, 5) is 19.2. The lowest BCUT2D eigenvalue weighted by molar-refractivity contribution is 0.107. The Morgan fingerprint density at radius 2 is 1.95 bits per heavy atom. The van der Waals surface area contributed by atoms with Crippen LogP contribution in [0, 0.1) is 18.6 Å². The summed E-state index contributed by atoms with van der Waals surface area (Å²) >= 11 is 0. The van der Waals surface area contributed by atoms with Crippen LogP contribution < -0.4 is 15.0 Å². The van der Waals surface area contributed by atoms with Gasteiger partial charge in [0.25, 0.3) is 0 Å². The van der Waals surface area contributed by atoms with Crippen molar-refractivity contribution in [1.82, 2.24) is 25.2 Å². The molecule has 7 nitrogen and oxygen atoms in total. The topological polar surface area (TPSA) is 66.4 Å². The van der Waals surface area contributed by atoms with Gasteiger partial charge < -0.3 is 15.0 Å². The van der Waals surface area contributed by atoms with E-state index in [0.717, 1.165) is 56.3 Å². The van der Waals surface area contributed by atoms with E-state index in [1.54, 1.807) is 13.0 Å². The maximum Gasteiger partial charge on any atom is 0.319 e. The van der Waals surface area contributed by atoms with E-state index in [2.05, 4.69) is 15.1 Å². The maximum absolute atomic E-state index is 17.0. The molecule has 2 bridgehead atoms. The Kier molecular flexibility index (Phi) is 5.95. The first-order valence-corrected chi connectivity index (χ1v) is 16.0. The van der Waals surface area contributed by atoms with E-state index in [1.165, 1.54) is 6.07 Å². The molecule has 4 aromatic rings. The Morgan fingerprint density at radius 1 is 1.05 bits per heavy atom. The molecule has 4 fully saturated rings. The maximum atomic E-state index is 17.0. The van der Waals surface area contributed by atoms with Crippen LogP contribution in [0.3, 0.4) is 0 Å². The lowest BCUT2D eigenvalue weighted by Gasteiger charge is -2.41. The lowest BCUT2D eigenvalue weighted by Crippen LogP contribution is -2.58. The van der Waals surface area contributed by atoms with Gasteiger partial charge in [0, 0.05) is 43.2 Å². The minimum absolute atomic E-state index is 0.115. The minimum atomic E-state index is -0.874. The number of piperazine rings is 1. The molecule has 5 aliphatic rings. The van der Waals surface area contributed by atoms with E-state index in [0.29, 0.717) is 59.2 Å². The number of rotatable bonds is 4. The second-order valence-electron chi connectivity index (χ2n) is 13.5. The predicted molar refractivity (Wildman–Crippen MR) is 163 cm³/mol. The first-order valence-electron chi connectivity index (χ1n) is 16.0. The third kappa shape index (κ3) is 3.92. The zero-order chi connectivity index (χ0) is 29.7. The highest BCUT2D eigenvalue weighted by atomic mass is 19.1. The molecule has 10 heteroatoms. The van der Waals surface area contributed by atoms with E-state index in [-0.39, 0.29) is 41.2 Å². The first-order chi connectivity index (χ1) is 21.4. The second-order valence-corrected chi connectivity index (χ2v) is 13.5. The zero-order valence-corrected chi connectivity index (χ0v) is 24.8. The van der Waals surface area contributed by atoms with Crippen molar-refractivity contribution < 1.29 is 17.9 Å². The number of hydrogen-bond donors (Lipinski definition) is 1. The number of halogens is 3. The van der Waals surface area contributed by atoms with E-state index in [4.69, 9.17) is 19.7 Å². The highest BCUT2D eigenvalue weighted by molar-refractivity contribution is 6.01. The molecule has 9 rings (SSSR count). The molecular weight excluding hydrogens is 565 g/mol. The van der Waals surface area contributed by atoms with Gasteiger partial charge in [0.05, 0.1) is 16.6 Å². The number of fused-ring (bicyclic) bond motifs is 7. The number of benzene rings is 2. The molecule has 4 saturated heterocycles. The Balaban J connectivity index is 1.23. The van der Waals surface area contributed by atoms with Gasteiger partial charge in [-0.2, -0.15) is 9.97 Å². The molecule has 0 aliphatic carbocycles. The molecule has 2 aromatic heterocycles. The van der Waals surface area contributed by atoms with Crippen LogP contribution in [0.1, 0.15) is 49.8 Å². The van der Waals surface area contributed by atoms with Gasteiger partial charge in [0.1, 0.15) is 35.6 Å². The van der Waals surface area contributed by atoms with Crippen LogP contribution in [-0.2, 0) is 6.42 Å². The van der Waals surface area contributed by atoms with Gasteiger partial charge >= 0.3 is 6.01 Å². The molecule has 228 valence electrons. The summed E-state index contributed by atoms with van der Waals surface area (Å²) in [5.74, 6) is -0.225. The number of nitrogens with one attached hydrogen (secondary N) is 1. The SMILES string of the molecule is Cc1c(F)ccc2cccc(-c3nc4c5c(nc(OC[C@@]67CCCN6C[C@H](F)C7)nc5c3F)N3C[C@H]5CC[C@H](N5)[C@@H]3CC4)c12. The van der Waals surface area contributed by atoms with Crippen LogP contribution in [0.25, 0.3) is 32.9 Å². The Bertz CT molecular complexity index is 1830. The molecule has 0 unspecified atom stereocenters. The first kappa shape index (κ1) is 26.9. The number of hydrogen-bond acceptors (Lipinski definition) is 7. The van der Waals surface area contributed by atoms with Crippen molar-refractivity contribution in [3.05, 3.63) is 53.2 Å². The average molecular weight is 601 g/mol. The molecule has 5 atom stereocenters. The molecule has 5 aliphatic heterocycles. The number of ether oxygens (including phenoxy) is 1. The van der Waals surface area contributed by atoms with E-state index >= 15 is 4.39 Å².